The van der Waals surface area contributed by atoms with Gasteiger partial charge < -0.3 is 15.0 Å². The minimum Gasteiger partial charge on any atom is -0.493 e. The second-order valence-electron chi connectivity index (χ2n) is 7.50. The lowest BCUT2D eigenvalue weighted by Gasteiger charge is -2.25. The molecule has 0 spiro atoms. The fourth-order valence-corrected chi connectivity index (χ4v) is 4.53. The van der Waals surface area contributed by atoms with Crippen molar-refractivity contribution in [3.8, 4) is 5.75 Å². The Morgan fingerprint density at radius 2 is 1.79 bits per heavy atom. The highest BCUT2D eigenvalue weighted by Gasteiger charge is 2.25. The van der Waals surface area contributed by atoms with E-state index in [1.807, 2.05) is 6.07 Å². The molecule has 146 valence electrons. The van der Waals surface area contributed by atoms with Crippen molar-refractivity contribution in [3.63, 3.8) is 0 Å². The number of aromatic amines is 1. The van der Waals surface area contributed by atoms with Crippen molar-refractivity contribution in [2.24, 2.45) is 0 Å². The molecule has 1 unspecified atom stereocenters. The number of H-pyrrole nitrogens is 1. The molecule has 1 aliphatic heterocycles. The Labute approximate surface area is 179 Å². The summed E-state index contributed by atoms with van der Waals surface area (Å²) in [4.78, 5) is 3.64. The van der Waals surface area contributed by atoms with E-state index in [9.17, 15) is 0 Å². The molecule has 3 nitrogen and oxygen atoms in total. The van der Waals surface area contributed by atoms with Gasteiger partial charge >= 0.3 is 0 Å². The third-order valence-electron chi connectivity index (χ3n) is 5.63. The van der Waals surface area contributed by atoms with Crippen molar-refractivity contribution >= 4 is 26.8 Å². The molecule has 0 aliphatic carbocycles. The van der Waals surface area contributed by atoms with E-state index in [0.717, 1.165) is 29.6 Å². The van der Waals surface area contributed by atoms with E-state index in [1.54, 1.807) is 0 Å². The Kier molecular flexibility index (Phi) is 5.13. The zero-order valence-electron chi connectivity index (χ0n) is 16.1. The van der Waals surface area contributed by atoms with Crippen LogP contribution in [0.3, 0.4) is 0 Å². The summed E-state index contributed by atoms with van der Waals surface area (Å²) < 4.78 is 7.07. The van der Waals surface area contributed by atoms with Gasteiger partial charge in [0.15, 0.2) is 0 Å². The van der Waals surface area contributed by atoms with Gasteiger partial charge in [-0.2, -0.15) is 0 Å². The van der Waals surface area contributed by atoms with Crippen LogP contribution in [0.15, 0.2) is 77.3 Å². The van der Waals surface area contributed by atoms with Gasteiger partial charge in [-0.15, -0.1) is 0 Å². The highest BCUT2D eigenvalue weighted by molar-refractivity contribution is 9.10. The molecule has 0 bridgehead atoms. The maximum atomic E-state index is 5.95. The van der Waals surface area contributed by atoms with Crippen LogP contribution in [-0.4, -0.2) is 18.1 Å². The van der Waals surface area contributed by atoms with Crippen LogP contribution in [0.4, 0.5) is 0 Å². The number of nitrogens with one attached hydrogen (secondary N) is 2. The fraction of sp³-hybridized carbons (Fsp3) is 0.200. The average Bonchev–Trinajstić information content (AvgIpc) is 3.13. The molecule has 29 heavy (non-hydrogen) atoms. The second-order valence-corrected chi connectivity index (χ2v) is 8.41. The van der Waals surface area contributed by atoms with Gasteiger partial charge in [0.2, 0.25) is 0 Å². The number of halogens is 1. The standard InChI is InChI=1S/C25H23BrN2O/c26-19-8-11-23-22(16-19)21-12-14-27-24(25(21)28-23)18-6-9-20(10-7-18)29-15-13-17-4-2-1-3-5-17/h1-11,16,24,27-28H,12-15H2. The monoisotopic (exact) mass is 446 g/mol. The molecular weight excluding hydrogens is 424 g/mol. The number of ether oxygens (including phenoxy) is 1. The number of benzene rings is 3. The van der Waals surface area contributed by atoms with E-state index < -0.39 is 0 Å². The van der Waals surface area contributed by atoms with E-state index in [-0.39, 0.29) is 6.04 Å². The predicted molar refractivity (Wildman–Crippen MR) is 122 cm³/mol. The van der Waals surface area contributed by atoms with Gasteiger partial charge in [-0.05, 0) is 53.4 Å². The Morgan fingerprint density at radius 3 is 2.62 bits per heavy atom. The van der Waals surface area contributed by atoms with Crippen LogP contribution in [0, 0.1) is 0 Å². The minimum absolute atomic E-state index is 0.184. The molecule has 1 aromatic heterocycles. The molecule has 0 radical (unpaired) electrons. The molecule has 0 amide bonds. The van der Waals surface area contributed by atoms with Gasteiger partial charge in [0.1, 0.15) is 5.75 Å². The number of hydrogen-bond acceptors (Lipinski definition) is 2. The molecule has 0 fully saturated rings. The summed E-state index contributed by atoms with van der Waals surface area (Å²) in [6.45, 7) is 1.67. The third kappa shape index (κ3) is 3.83. The van der Waals surface area contributed by atoms with Crippen molar-refractivity contribution in [1.29, 1.82) is 0 Å². The molecule has 3 aromatic carbocycles. The third-order valence-corrected chi connectivity index (χ3v) is 6.12. The van der Waals surface area contributed by atoms with E-state index >= 15 is 0 Å². The second kappa shape index (κ2) is 8.05. The predicted octanol–water partition coefficient (Wildman–Crippen LogP) is 5.79. The largest absolute Gasteiger partial charge is 0.493 e. The van der Waals surface area contributed by atoms with Gasteiger partial charge in [-0.3, -0.25) is 0 Å². The SMILES string of the molecule is Brc1ccc2[nH]c3c(c2c1)CCNC3c1ccc(OCCc2ccccc2)cc1. The molecule has 4 heteroatoms. The van der Waals surface area contributed by atoms with Crippen LogP contribution < -0.4 is 10.1 Å². The molecule has 5 rings (SSSR count). The van der Waals surface area contributed by atoms with Gasteiger partial charge in [-0.1, -0.05) is 58.4 Å². The van der Waals surface area contributed by atoms with E-state index in [2.05, 4.69) is 93.0 Å². The highest BCUT2D eigenvalue weighted by atomic mass is 79.9. The zero-order chi connectivity index (χ0) is 19.6. The Bertz CT molecular complexity index is 1120. The maximum Gasteiger partial charge on any atom is 0.119 e. The molecule has 2 N–H and O–H groups in total. The molecule has 4 aromatic rings. The van der Waals surface area contributed by atoms with Gasteiger partial charge in [-0.25, -0.2) is 0 Å². The Hall–Kier alpha value is -2.56. The Balaban J connectivity index is 1.32. The highest BCUT2D eigenvalue weighted by Crippen LogP contribution is 2.35. The lowest BCUT2D eigenvalue weighted by atomic mass is 9.94. The summed E-state index contributed by atoms with van der Waals surface area (Å²) in [6, 6.07) is 25.6. The molecule has 1 aliphatic rings. The average molecular weight is 447 g/mol. The molecule has 2 heterocycles. The summed E-state index contributed by atoms with van der Waals surface area (Å²) in [7, 11) is 0. The lowest BCUT2D eigenvalue weighted by Crippen LogP contribution is -2.30. The quantitative estimate of drug-likeness (QED) is 0.407. The lowest BCUT2D eigenvalue weighted by molar-refractivity contribution is 0.322. The topological polar surface area (TPSA) is 37.0 Å². The first-order valence-corrected chi connectivity index (χ1v) is 10.9. The minimum atomic E-state index is 0.184. The summed E-state index contributed by atoms with van der Waals surface area (Å²) in [5.74, 6) is 0.918. The molecule has 0 saturated carbocycles. The zero-order valence-corrected chi connectivity index (χ0v) is 17.7. The normalized spacial score (nSPS) is 16.0. The van der Waals surface area contributed by atoms with Gasteiger partial charge in [0.25, 0.3) is 0 Å². The maximum absolute atomic E-state index is 5.95. The first kappa shape index (κ1) is 18.5. The van der Waals surface area contributed by atoms with Crippen LogP contribution in [-0.2, 0) is 12.8 Å². The number of hydrogen-bond donors (Lipinski definition) is 2. The Morgan fingerprint density at radius 1 is 0.966 bits per heavy atom. The van der Waals surface area contributed by atoms with Crippen molar-refractivity contribution < 1.29 is 4.74 Å². The summed E-state index contributed by atoms with van der Waals surface area (Å²) in [5, 5.41) is 4.99. The van der Waals surface area contributed by atoms with E-state index in [1.165, 1.54) is 33.3 Å². The van der Waals surface area contributed by atoms with Crippen LogP contribution in [0.25, 0.3) is 10.9 Å². The van der Waals surface area contributed by atoms with Gasteiger partial charge in [0, 0.05) is 34.0 Å². The summed E-state index contributed by atoms with van der Waals surface area (Å²) >= 11 is 3.60. The fourth-order valence-electron chi connectivity index (χ4n) is 4.17. The van der Waals surface area contributed by atoms with Crippen LogP contribution in [0.1, 0.15) is 28.4 Å². The van der Waals surface area contributed by atoms with Crippen molar-refractivity contribution in [1.82, 2.24) is 10.3 Å². The molecule has 1 atom stereocenters. The number of rotatable bonds is 5. The molecular formula is C25H23BrN2O. The summed E-state index contributed by atoms with van der Waals surface area (Å²) in [6.07, 6.45) is 1.96. The first-order valence-electron chi connectivity index (χ1n) is 10.1. The molecule has 0 saturated heterocycles. The number of aromatic nitrogens is 1. The first-order chi connectivity index (χ1) is 14.3. The van der Waals surface area contributed by atoms with Gasteiger partial charge in [0.05, 0.1) is 12.6 Å². The van der Waals surface area contributed by atoms with E-state index in [4.69, 9.17) is 4.74 Å². The number of fused-ring (bicyclic) bond motifs is 3. The summed E-state index contributed by atoms with van der Waals surface area (Å²) in [5.41, 5.74) is 6.46. The smallest absolute Gasteiger partial charge is 0.119 e. The van der Waals surface area contributed by atoms with E-state index in [0.29, 0.717) is 6.61 Å². The van der Waals surface area contributed by atoms with Crippen molar-refractivity contribution in [2.75, 3.05) is 13.2 Å². The van der Waals surface area contributed by atoms with Crippen molar-refractivity contribution in [2.45, 2.75) is 18.9 Å². The van der Waals surface area contributed by atoms with Crippen LogP contribution in [0.5, 0.6) is 5.75 Å². The van der Waals surface area contributed by atoms with Crippen molar-refractivity contribution in [3.05, 3.63) is 99.7 Å². The van der Waals surface area contributed by atoms with Crippen LogP contribution >= 0.6 is 15.9 Å². The van der Waals surface area contributed by atoms with Crippen LogP contribution in [0.2, 0.25) is 0 Å².